The van der Waals surface area contributed by atoms with Gasteiger partial charge in [-0.15, -0.1) is 0 Å². The van der Waals surface area contributed by atoms with Crippen LogP contribution in [0.5, 0.6) is 11.5 Å². The highest BCUT2D eigenvalue weighted by atomic mass is 16.6. The molecule has 1 heterocycles. The summed E-state index contributed by atoms with van der Waals surface area (Å²) >= 11 is 0. The molecule has 3 rings (SSSR count). The number of carbonyl (C=O) groups excluding carboxylic acids is 2. The van der Waals surface area contributed by atoms with Gasteiger partial charge in [-0.1, -0.05) is 31.9 Å². The van der Waals surface area contributed by atoms with Crippen molar-refractivity contribution in [2.24, 2.45) is 0 Å². The van der Waals surface area contributed by atoms with Crippen LogP contribution in [-0.4, -0.2) is 28.5 Å². The van der Waals surface area contributed by atoms with E-state index in [0.29, 0.717) is 12.2 Å². The number of aromatic hydroxyl groups is 1. The van der Waals surface area contributed by atoms with Crippen molar-refractivity contribution >= 4 is 17.5 Å². The summed E-state index contributed by atoms with van der Waals surface area (Å²) in [6.45, 7) is 2.76. The average Bonchev–Trinajstić information content (AvgIpc) is 3.30. The first-order valence-electron chi connectivity index (χ1n) is 10.3. The SMILES string of the molecule is CCCCCOc1ccc(-c2ccoc2C(=O)NNC(=O)c2ccc(O)c([N+](=O)[O-])c2)cc1. The van der Waals surface area contributed by atoms with Gasteiger partial charge in [0.25, 0.3) is 5.91 Å². The topological polar surface area (TPSA) is 144 Å². The van der Waals surface area contributed by atoms with Gasteiger partial charge in [-0.05, 0) is 42.3 Å². The van der Waals surface area contributed by atoms with Gasteiger partial charge in [0.1, 0.15) is 5.75 Å². The number of furan rings is 1. The number of phenolic OH excluding ortho intramolecular Hbond substituents is 1. The number of hydrazine groups is 1. The van der Waals surface area contributed by atoms with E-state index in [0.717, 1.165) is 42.7 Å². The van der Waals surface area contributed by atoms with Crippen molar-refractivity contribution in [2.45, 2.75) is 26.2 Å². The fourth-order valence-corrected chi connectivity index (χ4v) is 3.04. The number of phenols is 1. The summed E-state index contributed by atoms with van der Waals surface area (Å²) in [6, 6.07) is 11.9. The number of ether oxygens (including phenoxy) is 1. The molecule has 0 aliphatic rings. The first-order valence-corrected chi connectivity index (χ1v) is 10.3. The lowest BCUT2D eigenvalue weighted by Gasteiger charge is -2.09. The minimum atomic E-state index is -0.818. The van der Waals surface area contributed by atoms with Gasteiger partial charge in [0, 0.05) is 17.2 Å². The molecule has 0 fully saturated rings. The zero-order valence-electron chi connectivity index (χ0n) is 17.9. The van der Waals surface area contributed by atoms with Gasteiger partial charge in [0.05, 0.1) is 17.8 Å². The highest BCUT2D eigenvalue weighted by molar-refractivity contribution is 6.01. The maximum atomic E-state index is 12.5. The Hall–Kier alpha value is -4.34. The minimum absolute atomic E-state index is 0.0244. The number of benzene rings is 2. The minimum Gasteiger partial charge on any atom is -0.502 e. The van der Waals surface area contributed by atoms with Gasteiger partial charge < -0.3 is 14.3 Å². The first kappa shape index (κ1) is 23.3. The zero-order valence-corrected chi connectivity index (χ0v) is 17.9. The van der Waals surface area contributed by atoms with Crippen LogP contribution in [0.1, 0.15) is 47.1 Å². The van der Waals surface area contributed by atoms with E-state index in [1.54, 1.807) is 30.3 Å². The molecule has 0 unspecified atom stereocenters. The second kappa shape index (κ2) is 10.8. The fraction of sp³-hybridized carbons (Fsp3) is 0.217. The predicted molar refractivity (Wildman–Crippen MR) is 119 cm³/mol. The van der Waals surface area contributed by atoms with E-state index in [1.165, 1.54) is 12.3 Å². The molecule has 0 bridgehead atoms. The zero-order chi connectivity index (χ0) is 23.8. The molecule has 33 heavy (non-hydrogen) atoms. The summed E-state index contributed by atoms with van der Waals surface area (Å²) in [5.74, 6) is -1.39. The number of nitro benzene ring substituents is 1. The van der Waals surface area contributed by atoms with E-state index in [2.05, 4.69) is 17.8 Å². The maximum Gasteiger partial charge on any atom is 0.311 e. The fourth-order valence-electron chi connectivity index (χ4n) is 3.04. The van der Waals surface area contributed by atoms with E-state index in [4.69, 9.17) is 9.15 Å². The molecule has 10 nitrogen and oxygen atoms in total. The number of nitrogens with one attached hydrogen (secondary N) is 2. The third kappa shape index (κ3) is 5.88. The third-order valence-corrected chi connectivity index (χ3v) is 4.78. The van der Waals surface area contributed by atoms with Crippen LogP contribution in [0.25, 0.3) is 11.1 Å². The van der Waals surface area contributed by atoms with E-state index in [1.807, 2.05) is 0 Å². The van der Waals surface area contributed by atoms with Crippen molar-refractivity contribution in [3.63, 3.8) is 0 Å². The Bertz CT molecular complexity index is 1140. The third-order valence-electron chi connectivity index (χ3n) is 4.78. The van der Waals surface area contributed by atoms with Crippen molar-refractivity contribution in [1.82, 2.24) is 10.9 Å². The highest BCUT2D eigenvalue weighted by Gasteiger charge is 2.20. The van der Waals surface area contributed by atoms with Crippen molar-refractivity contribution in [3.8, 4) is 22.6 Å². The summed E-state index contributed by atoms with van der Waals surface area (Å²) in [6.07, 6.45) is 4.55. The van der Waals surface area contributed by atoms with E-state index >= 15 is 0 Å². The molecule has 2 aromatic carbocycles. The average molecular weight is 453 g/mol. The Balaban J connectivity index is 1.63. The Labute approximate surface area is 189 Å². The second-order valence-electron chi connectivity index (χ2n) is 7.11. The molecule has 0 spiro atoms. The lowest BCUT2D eigenvalue weighted by molar-refractivity contribution is -0.385. The van der Waals surface area contributed by atoms with Gasteiger partial charge in [-0.3, -0.25) is 30.6 Å². The van der Waals surface area contributed by atoms with Crippen molar-refractivity contribution in [2.75, 3.05) is 6.61 Å². The van der Waals surface area contributed by atoms with Gasteiger partial charge >= 0.3 is 11.6 Å². The quantitative estimate of drug-likeness (QED) is 0.250. The van der Waals surface area contributed by atoms with Gasteiger partial charge in [0.15, 0.2) is 5.75 Å². The lowest BCUT2D eigenvalue weighted by Crippen LogP contribution is -2.41. The van der Waals surface area contributed by atoms with Crippen LogP contribution >= 0.6 is 0 Å². The molecule has 172 valence electrons. The molecule has 10 heteroatoms. The van der Waals surface area contributed by atoms with Crippen LogP contribution in [0.15, 0.2) is 59.2 Å². The number of nitrogens with zero attached hydrogens (tertiary/aromatic N) is 1. The molecule has 0 saturated carbocycles. The molecule has 0 saturated heterocycles. The summed E-state index contributed by atoms with van der Waals surface area (Å²) in [5, 5.41) is 20.4. The molecule has 0 radical (unpaired) electrons. The largest absolute Gasteiger partial charge is 0.502 e. The second-order valence-corrected chi connectivity index (χ2v) is 7.11. The number of unbranched alkanes of at least 4 members (excludes halogenated alkanes) is 2. The standard InChI is InChI=1S/C23H23N3O7/c1-2-3-4-12-32-17-8-5-15(6-9-17)18-11-13-33-21(18)23(29)25-24-22(28)16-7-10-20(27)19(14-16)26(30)31/h5-11,13-14,27H,2-4,12H2,1H3,(H,24,28)(H,25,29). The highest BCUT2D eigenvalue weighted by Crippen LogP contribution is 2.28. The molecular formula is C23H23N3O7. The normalized spacial score (nSPS) is 10.5. The van der Waals surface area contributed by atoms with E-state index in [9.17, 15) is 24.8 Å². The van der Waals surface area contributed by atoms with Gasteiger partial charge in [0.2, 0.25) is 5.76 Å². The van der Waals surface area contributed by atoms with Gasteiger partial charge in [-0.2, -0.15) is 0 Å². The molecule has 0 aliphatic heterocycles. The number of nitro groups is 1. The Morgan fingerprint density at radius 2 is 1.79 bits per heavy atom. The van der Waals surface area contributed by atoms with Crippen LogP contribution in [-0.2, 0) is 0 Å². The Kier molecular flexibility index (Phi) is 7.64. The first-order chi connectivity index (χ1) is 15.9. The molecule has 0 atom stereocenters. The molecule has 2 amide bonds. The molecule has 0 aliphatic carbocycles. The molecule has 3 aromatic rings. The summed E-state index contributed by atoms with van der Waals surface area (Å²) < 4.78 is 11.0. The predicted octanol–water partition coefficient (Wildman–Crippen LogP) is 4.20. The van der Waals surface area contributed by atoms with Crippen molar-refractivity contribution in [1.29, 1.82) is 0 Å². The number of hydrogen-bond acceptors (Lipinski definition) is 7. The molecule has 1 aromatic heterocycles. The molecular weight excluding hydrogens is 430 g/mol. The summed E-state index contributed by atoms with van der Waals surface area (Å²) in [5.41, 5.74) is 4.88. The van der Waals surface area contributed by atoms with Crippen LogP contribution in [0.3, 0.4) is 0 Å². The Morgan fingerprint density at radius 3 is 2.48 bits per heavy atom. The number of rotatable bonds is 9. The summed E-state index contributed by atoms with van der Waals surface area (Å²) in [4.78, 5) is 34.9. The van der Waals surface area contributed by atoms with Gasteiger partial charge in [-0.25, -0.2) is 0 Å². The van der Waals surface area contributed by atoms with Crippen molar-refractivity contribution < 1.29 is 28.8 Å². The van der Waals surface area contributed by atoms with Crippen LogP contribution in [0.4, 0.5) is 5.69 Å². The smallest absolute Gasteiger partial charge is 0.311 e. The van der Waals surface area contributed by atoms with E-state index < -0.39 is 28.2 Å². The monoisotopic (exact) mass is 453 g/mol. The Morgan fingerprint density at radius 1 is 1.06 bits per heavy atom. The number of carbonyl (C=O) groups is 2. The van der Waals surface area contributed by atoms with Crippen LogP contribution < -0.4 is 15.6 Å². The van der Waals surface area contributed by atoms with E-state index in [-0.39, 0.29) is 11.3 Å². The number of amides is 2. The summed E-state index contributed by atoms with van der Waals surface area (Å²) in [7, 11) is 0. The van der Waals surface area contributed by atoms with Crippen LogP contribution in [0.2, 0.25) is 0 Å². The van der Waals surface area contributed by atoms with Crippen LogP contribution in [0, 0.1) is 10.1 Å². The lowest BCUT2D eigenvalue weighted by atomic mass is 10.1. The number of hydrogen-bond donors (Lipinski definition) is 3. The molecule has 3 N–H and O–H groups in total. The maximum absolute atomic E-state index is 12.5. The van der Waals surface area contributed by atoms with Crippen molar-refractivity contribution in [3.05, 3.63) is 76.2 Å².